The molecule has 0 saturated heterocycles. The standard InChI is InChI=1S/C13H8F4N4O2/c14-8-5-7(12-19-18-11(22)6-23-12)1-2-9(8)21-4-3-10(20-21)13(15,16)17/h1-5H,6H2,(H,18,22). The van der Waals surface area contributed by atoms with E-state index in [0.29, 0.717) is 0 Å². The van der Waals surface area contributed by atoms with Crippen molar-refractivity contribution in [1.82, 2.24) is 15.2 Å². The highest BCUT2D eigenvalue weighted by Gasteiger charge is 2.33. The number of hydrogen-bond acceptors (Lipinski definition) is 4. The molecule has 0 aliphatic carbocycles. The molecule has 6 nitrogen and oxygen atoms in total. The number of nitrogens with one attached hydrogen (secondary N) is 1. The molecule has 0 bridgehead atoms. The molecule has 23 heavy (non-hydrogen) atoms. The smallest absolute Gasteiger partial charge is 0.435 e. The van der Waals surface area contributed by atoms with Crippen molar-refractivity contribution >= 4 is 11.8 Å². The highest BCUT2D eigenvalue weighted by molar-refractivity contribution is 5.98. The van der Waals surface area contributed by atoms with E-state index in [0.717, 1.165) is 23.0 Å². The van der Waals surface area contributed by atoms with E-state index in [2.05, 4.69) is 15.6 Å². The second-order valence-corrected chi connectivity index (χ2v) is 4.55. The van der Waals surface area contributed by atoms with Crippen LogP contribution in [0.15, 0.2) is 35.6 Å². The number of hydrogen-bond donors (Lipinski definition) is 1. The van der Waals surface area contributed by atoms with Crippen molar-refractivity contribution in [1.29, 1.82) is 0 Å². The number of halogens is 4. The van der Waals surface area contributed by atoms with Crippen LogP contribution in [0.5, 0.6) is 0 Å². The second-order valence-electron chi connectivity index (χ2n) is 4.55. The van der Waals surface area contributed by atoms with Gasteiger partial charge in [0.2, 0.25) is 5.90 Å². The summed E-state index contributed by atoms with van der Waals surface area (Å²) in [7, 11) is 0. The van der Waals surface area contributed by atoms with Gasteiger partial charge in [-0.2, -0.15) is 18.3 Å². The molecule has 1 aliphatic rings. The minimum absolute atomic E-state index is 0.00601. The lowest BCUT2D eigenvalue weighted by Crippen LogP contribution is -2.32. The maximum absolute atomic E-state index is 14.1. The zero-order valence-electron chi connectivity index (χ0n) is 11.3. The van der Waals surface area contributed by atoms with Gasteiger partial charge in [-0.05, 0) is 24.3 Å². The SMILES string of the molecule is O=C1COC(c2ccc(-n3ccc(C(F)(F)F)n3)c(F)c2)=NN1. The van der Waals surface area contributed by atoms with Gasteiger partial charge in [0.25, 0.3) is 5.91 Å². The van der Waals surface area contributed by atoms with E-state index in [-0.39, 0.29) is 23.8 Å². The molecule has 1 N–H and O–H groups in total. The third-order valence-corrected chi connectivity index (χ3v) is 2.94. The van der Waals surface area contributed by atoms with Crippen LogP contribution in [-0.4, -0.2) is 28.2 Å². The summed E-state index contributed by atoms with van der Waals surface area (Å²) in [6.07, 6.45) is -3.60. The molecule has 1 amide bonds. The summed E-state index contributed by atoms with van der Waals surface area (Å²) < 4.78 is 57.5. The van der Waals surface area contributed by atoms with Crippen LogP contribution in [0.2, 0.25) is 0 Å². The van der Waals surface area contributed by atoms with Crippen molar-refractivity contribution in [3.63, 3.8) is 0 Å². The van der Waals surface area contributed by atoms with Gasteiger partial charge in [-0.3, -0.25) is 4.79 Å². The first-order valence-corrected chi connectivity index (χ1v) is 6.27. The molecule has 0 unspecified atom stereocenters. The Labute approximate surface area is 126 Å². The molecule has 1 aromatic heterocycles. The lowest BCUT2D eigenvalue weighted by molar-refractivity contribution is -0.141. The maximum Gasteiger partial charge on any atom is 0.435 e. The lowest BCUT2D eigenvalue weighted by atomic mass is 10.2. The number of alkyl halides is 3. The van der Waals surface area contributed by atoms with Crippen LogP contribution in [-0.2, 0) is 15.7 Å². The highest BCUT2D eigenvalue weighted by Crippen LogP contribution is 2.28. The molecular formula is C13H8F4N4O2. The van der Waals surface area contributed by atoms with Gasteiger partial charge in [-0.15, -0.1) is 5.10 Å². The first-order valence-electron chi connectivity index (χ1n) is 6.27. The Morgan fingerprint density at radius 1 is 1.26 bits per heavy atom. The van der Waals surface area contributed by atoms with Crippen LogP contribution in [0.3, 0.4) is 0 Å². The number of rotatable bonds is 2. The molecule has 3 rings (SSSR count). The molecule has 1 aliphatic heterocycles. The summed E-state index contributed by atoms with van der Waals surface area (Å²) >= 11 is 0. The van der Waals surface area contributed by atoms with Crippen LogP contribution >= 0.6 is 0 Å². The van der Waals surface area contributed by atoms with Crippen LogP contribution in [0.4, 0.5) is 17.6 Å². The fourth-order valence-electron chi connectivity index (χ4n) is 1.89. The van der Waals surface area contributed by atoms with E-state index < -0.39 is 23.6 Å². The molecular weight excluding hydrogens is 320 g/mol. The number of hydrazone groups is 1. The van der Waals surface area contributed by atoms with Gasteiger partial charge >= 0.3 is 6.18 Å². The highest BCUT2D eigenvalue weighted by atomic mass is 19.4. The number of nitrogens with zero attached hydrogens (tertiary/aromatic N) is 3. The molecule has 2 heterocycles. The van der Waals surface area contributed by atoms with Crippen molar-refractivity contribution in [2.75, 3.05) is 6.61 Å². The first kappa shape index (κ1) is 15.0. The maximum atomic E-state index is 14.1. The van der Waals surface area contributed by atoms with Gasteiger partial charge in [-0.25, -0.2) is 14.5 Å². The number of carbonyl (C=O) groups is 1. The largest absolute Gasteiger partial charge is 0.466 e. The minimum Gasteiger partial charge on any atom is -0.466 e. The van der Waals surface area contributed by atoms with Crippen LogP contribution < -0.4 is 5.43 Å². The van der Waals surface area contributed by atoms with Gasteiger partial charge in [0.05, 0.1) is 0 Å². The van der Waals surface area contributed by atoms with Crippen molar-refractivity contribution in [3.05, 3.63) is 47.5 Å². The van der Waals surface area contributed by atoms with Crippen molar-refractivity contribution in [3.8, 4) is 5.69 Å². The average Bonchev–Trinajstić information content (AvgIpc) is 2.97. The summed E-state index contributed by atoms with van der Waals surface area (Å²) in [5.41, 5.74) is 1.12. The van der Waals surface area contributed by atoms with Gasteiger partial charge in [0, 0.05) is 11.8 Å². The van der Waals surface area contributed by atoms with E-state index in [1.165, 1.54) is 12.1 Å². The monoisotopic (exact) mass is 328 g/mol. The van der Waals surface area contributed by atoms with Crippen LogP contribution in [0.1, 0.15) is 11.3 Å². The Hall–Kier alpha value is -2.91. The Morgan fingerprint density at radius 3 is 2.61 bits per heavy atom. The van der Waals surface area contributed by atoms with Crippen LogP contribution in [0, 0.1) is 5.82 Å². The summed E-state index contributed by atoms with van der Waals surface area (Å²) in [5.74, 6) is -1.25. The summed E-state index contributed by atoms with van der Waals surface area (Å²) in [5, 5.41) is 6.92. The van der Waals surface area contributed by atoms with Gasteiger partial charge in [0.1, 0.15) is 11.5 Å². The zero-order chi connectivity index (χ0) is 16.6. The molecule has 2 aromatic rings. The molecule has 120 valence electrons. The van der Waals surface area contributed by atoms with Gasteiger partial charge < -0.3 is 4.74 Å². The number of carbonyl (C=O) groups excluding carboxylic acids is 1. The Kier molecular flexibility index (Phi) is 3.51. The Balaban J connectivity index is 1.91. The average molecular weight is 328 g/mol. The molecule has 10 heteroatoms. The fourth-order valence-corrected chi connectivity index (χ4v) is 1.89. The normalized spacial score (nSPS) is 15.0. The topological polar surface area (TPSA) is 68.5 Å². The molecule has 0 saturated carbocycles. The van der Waals surface area contributed by atoms with E-state index in [9.17, 15) is 22.4 Å². The van der Waals surface area contributed by atoms with Crippen molar-refractivity contribution in [2.45, 2.75) is 6.18 Å². The summed E-state index contributed by atoms with van der Waals surface area (Å²) in [4.78, 5) is 10.9. The predicted molar refractivity (Wildman–Crippen MR) is 69.2 cm³/mol. The first-order chi connectivity index (χ1) is 10.8. The van der Waals surface area contributed by atoms with Crippen LogP contribution in [0.25, 0.3) is 5.69 Å². The Bertz CT molecular complexity index is 798. The minimum atomic E-state index is -4.61. The van der Waals surface area contributed by atoms with Crippen molar-refractivity contribution in [2.24, 2.45) is 5.10 Å². The molecule has 0 spiro atoms. The third kappa shape index (κ3) is 3.00. The molecule has 0 atom stereocenters. The molecule has 0 radical (unpaired) electrons. The number of benzene rings is 1. The number of ether oxygens (including phenoxy) is 1. The predicted octanol–water partition coefficient (Wildman–Crippen LogP) is 1.84. The molecule has 1 aromatic carbocycles. The van der Waals surface area contributed by atoms with Gasteiger partial charge in [0.15, 0.2) is 12.3 Å². The fraction of sp³-hybridized carbons (Fsp3) is 0.154. The summed E-state index contributed by atoms with van der Waals surface area (Å²) in [6, 6.07) is 4.40. The van der Waals surface area contributed by atoms with E-state index >= 15 is 0 Å². The van der Waals surface area contributed by atoms with E-state index in [1.807, 2.05) is 0 Å². The van der Waals surface area contributed by atoms with Crippen molar-refractivity contribution < 1.29 is 27.1 Å². The van der Waals surface area contributed by atoms with E-state index in [4.69, 9.17) is 4.74 Å². The zero-order valence-corrected chi connectivity index (χ0v) is 11.3. The second kappa shape index (κ2) is 5.38. The Morgan fingerprint density at radius 2 is 2.04 bits per heavy atom. The van der Waals surface area contributed by atoms with Gasteiger partial charge in [-0.1, -0.05) is 0 Å². The lowest BCUT2D eigenvalue weighted by Gasteiger charge is -2.14. The third-order valence-electron chi connectivity index (χ3n) is 2.94. The quantitative estimate of drug-likeness (QED) is 0.856. The molecule has 0 fully saturated rings. The number of aromatic nitrogens is 2. The summed E-state index contributed by atoms with van der Waals surface area (Å²) in [6.45, 7) is -0.254. The number of amides is 1. The van der Waals surface area contributed by atoms with E-state index in [1.54, 1.807) is 0 Å².